The van der Waals surface area contributed by atoms with Gasteiger partial charge in [0.05, 0.1) is 5.41 Å². The molecule has 2 heterocycles. The first-order valence-electron chi connectivity index (χ1n) is 18.9. The van der Waals surface area contributed by atoms with Crippen LogP contribution in [0.5, 0.6) is 0 Å². The molecule has 4 heteroatoms. The van der Waals surface area contributed by atoms with Gasteiger partial charge in [0.25, 0.3) is 0 Å². The quantitative estimate of drug-likeness (QED) is 0.177. The Labute approximate surface area is 330 Å². The van der Waals surface area contributed by atoms with Gasteiger partial charge in [0.15, 0.2) is 17.5 Å². The molecule has 3 nitrogen and oxygen atoms in total. The lowest BCUT2D eigenvalue weighted by Gasteiger charge is -2.40. The maximum absolute atomic E-state index is 5.27. The average Bonchev–Trinajstić information content (AvgIpc) is 3.57. The van der Waals surface area contributed by atoms with Gasteiger partial charge in [-0.25, -0.2) is 15.0 Å². The molecule has 0 N–H and O–H groups in total. The SMILES string of the molecule is c1ccc(-c2cccc(-c3nc(-c4ccccc4)nc(-c4ccccc4-c4cccc5c4Sc4ccccc4C54c5ccccc5-c5ccccc54)n3)c2)cc1. The monoisotopic (exact) mass is 731 g/mol. The maximum atomic E-state index is 5.27. The molecule has 1 aliphatic carbocycles. The van der Waals surface area contributed by atoms with Gasteiger partial charge in [-0.3, -0.25) is 0 Å². The summed E-state index contributed by atoms with van der Waals surface area (Å²) >= 11 is 1.86. The summed E-state index contributed by atoms with van der Waals surface area (Å²) in [5.41, 5.74) is 14.8. The first-order valence-corrected chi connectivity index (χ1v) is 19.8. The number of nitrogens with zero attached hydrogens (tertiary/aromatic N) is 3. The Morgan fingerprint density at radius 2 is 0.768 bits per heavy atom. The molecular weight excluding hydrogens is 699 g/mol. The molecule has 9 aromatic rings. The van der Waals surface area contributed by atoms with Crippen LogP contribution in [0.25, 0.3) is 67.5 Å². The normalized spacial score (nSPS) is 13.1. The van der Waals surface area contributed by atoms with Crippen LogP contribution in [0.4, 0.5) is 0 Å². The lowest BCUT2D eigenvalue weighted by molar-refractivity contribution is 0.723. The molecule has 0 unspecified atom stereocenters. The zero-order chi connectivity index (χ0) is 37.1. The van der Waals surface area contributed by atoms with Crippen molar-refractivity contribution in [3.05, 3.63) is 222 Å². The minimum absolute atomic E-state index is 0.458. The summed E-state index contributed by atoms with van der Waals surface area (Å²) in [6.45, 7) is 0. The number of hydrogen-bond acceptors (Lipinski definition) is 4. The van der Waals surface area contributed by atoms with E-state index in [1.807, 2.05) is 36.0 Å². The molecule has 0 saturated heterocycles. The van der Waals surface area contributed by atoms with Crippen LogP contribution in [0.3, 0.4) is 0 Å². The number of aromatic nitrogens is 3. The van der Waals surface area contributed by atoms with E-state index in [1.54, 1.807) is 0 Å². The molecule has 262 valence electrons. The largest absolute Gasteiger partial charge is 0.208 e. The van der Waals surface area contributed by atoms with Gasteiger partial charge in [0.1, 0.15) is 0 Å². The van der Waals surface area contributed by atoms with Crippen LogP contribution in [0, 0.1) is 0 Å². The Bertz CT molecular complexity index is 2910. The summed E-state index contributed by atoms with van der Waals surface area (Å²) in [5.74, 6) is 1.92. The van der Waals surface area contributed by atoms with Crippen molar-refractivity contribution in [1.82, 2.24) is 15.0 Å². The zero-order valence-electron chi connectivity index (χ0n) is 30.3. The lowest BCUT2D eigenvalue weighted by Crippen LogP contribution is -2.32. The predicted molar refractivity (Wildman–Crippen MR) is 228 cm³/mol. The van der Waals surface area contributed by atoms with Gasteiger partial charge in [0, 0.05) is 26.5 Å². The lowest BCUT2D eigenvalue weighted by atomic mass is 9.67. The third kappa shape index (κ3) is 5.03. The Hall–Kier alpha value is -6.88. The highest BCUT2D eigenvalue weighted by molar-refractivity contribution is 7.99. The van der Waals surface area contributed by atoms with Gasteiger partial charge in [0.2, 0.25) is 0 Å². The molecule has 0 amide bonds. The Balaban J connectivity index is 1.14. The molecule has 2 aliphatic rings. The number of benzene rings is 8. The van der Waals surface area contributed by atoms with E-state index in [0.29, 0.717) is 17.5 Å². The summed E-state index contributed by atoms with van der Waals surface area (Å²) in [4.78, 5) is 18.1. The number of rotatable bonds is 5. The summed E-state index contributed by atoms with van der Waals surface area (Å²) in [6, 6.07) is 71.4. The van der Waals surface area contributed by atoms with Crippen molar-refractivity contribution in [3.63, 3.8) is 0 Å². The van der Waals surface area contributed by atoms with Crippen molar-refractivity contribution in [3.8, 4) is 67.5 Å². The fourth-order valence-corrected chi connectivity index (χ4v) is 10.1. The molecule has 1 spiro atoms. The van der Waals surface area contributed by atoms with E-state index in [0.717, 1.165) is 38.9 Å². The minimum Gasteiger partial charge on any atom is -0.208 e. The van der Waals surface area contributed by atoms with Gasteiger partial charge < -0.3 is 0 Å². The first kappa shape index (κ1) is 32.5. The predicted octanol–water partition coefficient (Wildman–Crippen LogP) is 13.0. The summed E-state index contributed by atoms with van der Waals surface area (Å²) < 4.78 is 0. The van der Waals surface area contributed by atoms with E-state index < -0.39 is 5.41 Å². The van der Waals surface area contributed by atoms with Crippen molar-refractivity contribution >= 4 is 11.8 Å². The second kappa shape index (κ2) is 13.2. The van der Waals surface area contributed by atoms with E-state index in [9.17, 15) is 0 Å². The van der Waals surface area contributed by atoms with Gasteiger partial charge in [-0.2, -0.15) is 0 Å². The van der Waals surface area contributed by atoms with Crippen molar-refractivity contribution in [2.24, 2.45) is 0 Å². The van der Waals surface area contributed by atoms with Crippen molar-refractivity contribution < 1.29 is 0 Å². The number of hydrogen-bond donors (Lipinski definition) is 0. The van der Waals surface area contributed by atoms with Crippen molar-refractivity contribution in [2.75, 3.05) is 0 Å². The van der Waals surface area contributed by atoms with Crippen LogP contribution in [0.1, 0.15) is 22.3 Å². The van der Waals surface area contributed by atoms with Crippen LogP contribution in [-0.2, 0) is 5.41 Å². The van der Waals surface area contributed by atoms with Gasteiger partial charge in [-0.15, -0.1) is 0 Å². The summed E-state index contributed by atoms with van der Waals surface area (Å²) in [5, 5.41) is 0. The first-order chi connectivity index (χ1) is 27.8. The maximum Gasteiger partial charge on any atom is 0.164 e. The zero-order valence-corrected chi connectivity index (χ0v) is 31.1. The fourth-order valence-electron chi connectivity index (χ4n) is 8.81. The molecule has 8 aromatic carbocycles. The molecule has 0 atom stereocenters. The van der Waals surface area contributed by atoms with Crippen LogP contribution in [0.15, 0.2) is 210 Å². The van der Waals surface area contributed by atoms with Crippen LogP contribution >= 0.6 is 11.8 Å². The van der Waals surface area contributed by atoms with Crippen molar-refractivity contribution in [1.29, 1.82) is 0 Å². The second-order valence-electron chi connectivity index (χ2n) is 14.3. The average molecular weight is 732 g/mol. The Morgan fingerprint density at radius 3 is 1.48 bits per heavy atom. The van der Waals surface area contributed by atoms with E-state index in [1.165, 1.54) is 43.2 Å². The highest BCUT2D eigenvalue weighted by Gasteiger charge is 2.50. The van der Waals surface area contributed by atoms with E-state index in [2.05, 4.69) is 176 Å². The smallest absolute Gasteiger partial charge is 0.164 e. The molecular formula is C52H33N3S. The van der Waals surface area contributed by atoms with Crippen LogP contribution in [-0.4, -0.2) is 15.0 Å². The van der Waals surface area contributed by atoms with Crippen molar-refractivity contribution in [2.45, 2.75) is 15.2 Å². The van der Waals surface area contributed by atoms with Gasteiger partial charge in [-0.05, 0) is 67.8 Å². The molecule has 0 fully saturated rings. The number of fused-ring (bicyclic) bond motifs is 9. The topological polar surface area (TPSA) is 38.7 Å². The van der Waals surface area contributed by atoms with Crippen LogP contribution in [0.2, 0.25) is 0 Å². The summed E-state index contributed by atoms with van der Waals surface area (Å²) in [6.07, 6.45) is 0. The molecule has 1 aromatic heterocycles. The fraction of sp³-hybridized carbons (Fsp3) is 0.0192. The van der Waals surface area contributed by atoms with Gasteiger partial charge in [-0.1, -0.05) is 200 Å². The van der Waals surface area contributed by atoms with E-state index >= 15 is 0 Å². The van der Waals surface area contributed by atoms with Crippen LogP contribution < -0.4 is 0 Å². The van der Waals surface area contributed by atoms with E-state index in [4.69, 9.17) is 15.0 Å². The third-order valence-corrected chi connectivity index (χ3v) is 12.4. The van der Waals surface area contributed by atoms with Gasteiger partial charge >= 0.3 is 0 Å². The minimum atomic E-state index is -0.458. The molecule has 0 radical (unpaired) electrons. The highest BCUT2D eigenvalue weighted by Crippen LogP contribution is 2.63. The second-order valence-corrected chi connectivity index (χ2v) is 15.3. The summed E-state index contributed by atoms with van der Waals surface area (Å²) in [7, 11) is 0. The standard InChI is InChI=1S/C52H33N3S/c1-3-17-34(18-4-1)36-21-15-22-37(33-36)50-53-49(35-19-5-2-6-20-35)54-51(55-50)42-26-8-7-23-38(42)41-27-16-31-46-48(41)56-47-32-14-13-30-45(47)52(46)43-28-11-9-24-39(43)40-25-10-12-29-44(40)52/h1-33H. The Kier molecular flexibility index (Phi) is 7.64. The molecule has 56 heavy (non-hydrogen) atoms. The Morgan fingerprint density at radius 1 is 0.304 bits per heavy atom. The third-order valence-electron chi connectivity index (χ3n) is 11.2. The molecule has 1 aliphatic heterocycles. The molecule has 0 saturated carbocycles. The molecule has 11 rings (SSSR count). The van der Waals surface area contributed by atoms with E-state index in [-0.39, 0.29) is 0 Å². The molecule has 0 bridgehead atoms. The highest BCUT2D eigenvalue weighted by atomic mass is 32.2.